The zero-order valence-electron chi connectivity index (χ0n) is 11.2. The normalized spacial score (nSPS) is 32.9. The molecule has 21 heavy (non-hydrogen) atoms. The molecule has 3 rings (SSSR count). The summed E-state index contributed by atoms with van der Waals surface area (Å²) in [5, 5.41) is 19.2. The molecule has 1 aliphatic rings. The first kappa shape index (κ1) is 14.0. The van der Waals surface area contributed by atoms with Gasteiger partial charge in [0.05, 0.1) is 12.0 Å². The number of rotatable bonds is 2. The molecule has 114 valence electrons. The third kappa shape index (κ3) is 1.93. The molecule has 0 aliphatic carbocycles. The Kier molecular flexibility index (Phi) is 3.01. The van der Waals surface area contributed by atoms with Gasteiger partial charge in [0, 0.05) is 6.20 Å². The standard InChI is InChI=1S/C12H15FN4O4/c1-12(13)7(19)6(4-18)21-10(12)17-3-2-5-8(17)15-11(14)16-9(5)20/h2-3,6-7,10,18-19H,4H2,1H3,(H3,14,15,16,20)/t6-,7?,10-,12?/m1/s1. The van der Waals surface area contributed by atoms with E-state index in [4.69, 9.17) is 15.6 Å². The van der Waals surface area contributed by atoms with Crippen LogP contribution in [0.4, 0.5) is 10.3 Å². The summed E-state index contributed by atoms with van der Waals surface area (Å²) in [6.45, 7) is 0.646. The molecular formula is C12H15FN4O4. The van der Waals surface area contributed by atoms with E-state index < -0.39 is 36.3 Å². The third-order valence-corrected chi connectivity index (χ3v) is 3.75. The van der Waals surface area contributed by atoms with E-state index in [9.17, 15) is 14.3 Å². The first-order valence-corrected chi connectivity index (χ1v) is 6.36. The van der Waals surface area contributed by atoms with E-state index in [1.165, 1.54) is 23.8 Å². The van der Waals surface area contributed by atoms with Crippen LogP contribution in [0.15, 0.2) is 17.1 Å². The first-order valence-electron chi connectivity index (χ1n) is 6.36. The zero-order chi connectivity index (χ0) is 15.4. The lowest BCUT2D eigenvalue weighted by Gasteiger charge is -2.25. The van der Waals surface area contributed by atoms with Crippen LogP contribution in [0, 0.1) is 0 Å². The smallest absolute Gasteiger partial charge is 0.261 e. The van der Waals surface area contributed by atoms with Crippen molar-refractivity contribution in [2.75, 3.05) is 12.3 Å². The highest BCUT2D eigenvalue weighted by Gasteiger charge is 2.55. The summed E-state index contributed by atoms with van der Waals surface area (Å²) in [6.07, 6.45) is -2.34. The van der Waals surface area contributed by atoms with Crippen LogP contribution >= 0.6 is 0 Å². The Labute approximate surface area is 118 Å². The number of nitrogens with zero attached hydrogens (tertiary/aromatic N) is 2. The molecule has 1 saturated heterocycles. The molecule has 3 heterocycles. The predicted octanol–water partition coefficient (Wildman–Crippen LogP) is -0.714. The fourth-order valence-electron chi connectivity index (χ4n) is 2.61. The summed E-state index contributed by atoms with van der Waals surface area (Å²) in [5.41, 5.74) is 3.04. The van der Waals surface area contributed by atoms with Crippen LogP contribution in [0.3, 0.4) is 0 Å². The van der Waals surface area contributed by atoms with Gasteiger partial charge < -0.3 is 25.3 Å². The number of nitrogen functional groups attached to an aromatic ring is 1. The molecule has 8 nitrogen and oxygen atoms in total. The number of aliphatic hydroxyl groups excluding tert-OH is 2. The number of hydrogen-bond acceptors (Lipinski definition) is 6. The largest absolute Gasteiger partial charge is 0.394 e. The Morgan fingerprint density at radius 3 is 3.00 bits per heavy atom. The van der Waals surface area contributed by atoms with Gasteiger partial charge in [-0.15, -0.1) is 0 Å². The van der Waals surface area contributed by atoms with Crippen molar-refractivity contribution in [2.45, 2.75) is 31.0 Å². The van der Waals surface area contributed by atoms with Crippen LogP contribution < -0.4 is 11.3 Å². The maximum absolute atomic E-state index is 14.7. The molecule has 0 amide bonds. The van der Waals surface area contributed by atoms with Crippen molar-refractivity contribution in [1.82, 2.24) is 14.5 Å². The Morgan fingerprint density at radius 1 is 1.67 bits per heavy atom. The molecular weight excluding hydrogens is 283 g/mol. The molecule has 5 N–H and O–H groups in total. The second-order valence-corrected chi connectivity index (χ2v) is 5.22. The van der Waals surface area contributed by atoms with Gasteiger partial charge in [-0.3, -0.25) is 9.78 Å². The van der Waals surface area contributed by atoms with Crippen molar-refractivity contribution in [3.63, 3.8) is 0 Å². The van der Waals surface area contributed by atoms with E-state index in [-0.39, 0.29) is 17.0 Å². The second kappa shape index (κ2) is 4.52. The average Bonchev–Trinajstić information content (AvgIpc) is 2.91. The number of fused-ring (bicyclic) bond motifs is 1. The minimum absolute atomic E-state index is 0.106. The van der Waals surface area contributed by atoms with Crippen molar-refractivity contribution in [3.8, 4) is 0 Å². The molecule has 4 atom stereocenters. The van der Waals surface area contributed by atoms with Crippen molar-refractivity contribution >= 4 is 17.0 Å². The topological polar surface area (TPSA) is 126 Å². The van der Waals surface area contributed by atoms with Gasteiger partial charge in [0.15, 0.2) is 17.5 Å². The van der Waals surface area contributed by atoms with E-state index >= 15 is 0 Å². The summed E-state index contributed by atoms with van der Waals surface area (Å²) in [7, 11) is 0. The summed E-state index contributed by atoms with van der Waals surface area (Å²) in [5.74, 6) is -0.106. The fraction of sp³-hybridized carbons (Fsp3) is 0.500. The molecule has 0 bridgehead atoms. The molecule has 9 heteroatoms. The maximum Gasteiger partial charge on any atom is 0.261 e. The van der Waals surface area contributed by atoms with Gasteiger partial charge >= 0.3 is 0 Å². The fourth-order valence-corrected chi connectivity index (χ4v) is 2.61. The highest BCUT2D eigenvalue weighted by atomic mass is 19.1. The first-order chi connectivity index (χ1) is 9.86. The molecule has 2 aromatic rings. The lowest BCUT2D eigenvalue weighted by molar-refractivity contribution is -0.0564. The van der Waals surface area contributed by atoms with E-state index in [2.05, 4.69) is 9.97 Å². The van der Waals surface area contributed by atoms with Gasteiger partial charge in [0.25, 0.3) is 5.56 Å². The highest BCUT2D eigenvalue weighted by Crippen LogP contribution is 2.42. The number of anilines is 1. The second-order valence-electron chi connectivity index (χ2n) is 5.22. The van der Waals surface area contributed by atoms with E-state index in [0.717, 1.165) is 0 Å². The van der Waals surface area contributed by atoms with Gasteiger partial charge in [-0.25, -0.2) is 4.39 Å². The summed E-state index contributed by atoms with van der Waals surface area (Å²) in [4.78, 5) is 18.1. The van der Waals surface area contributed by atoms with E-state index in [1.807, 2.05) is 0 Å². The quantitative estimate of drug-likeness (QED) is 0.580. The van der Waals surface area contributed by atoms with Crippen LogP contribution in [0.5, 0.6) is 0 Å². The molecule has 0 saturated carbocycles. The maximum atomic E-state index is 14.7. The number of ether oxygens (including phenoxy) is 1. The van der Waals surface area contributed by atoms with Crippen molar-refractivity contribution in [3.05, 3.63) is 22.6 Å². The lowest BCUT2D eigenvalue weighted by Crippen LogP contribution is -2.40. The Bertz CT molecular complexity index is 740. The van der Waals surface area contributed by atoms with Gasteiger partial charge in [0.2, 0.25) is 5.95 Å². The lowest BCUT2D eigenvalue weighted by atomic mass is 9.98. The number of hydrogen-bond donors (Lipinski definition) is 4. The number of nitrogens with two attached hydrogens (primary N) is 1. The molecule has 0 aromatic carbocycles. The van der Waals surface area contributed by atoms with Gasteiger partial charge in [-0.1, -0.05) is 0 Å². The number of aliphatic hydroxyl groups is 2. The zero-order valence-corrected chi connectivity index (χ0v) is 11.2. The third-order valence-electron chi connectivity index (χ3n) is 3.75. The van der Waals surface area contributed by atoms with E-state index in [0.29, 0.717) is 0 Å². The van der Waals surface area contributed by atoms with Crippen LogP contribution in [0.25, 0.3) is 11.0 Å². The predicted molar refractivity (Wildman–Crippen MR) is 71.3 cm³/mol. The summed E-state index contributed by atoms with van der Waals surface area (Å²) < 4.78 is 21.4. The molecule has 2 aromatic heterocycles. The number of halogens is 1. The average molecular weight is 298 g/mol. The van der Waals surface area contributed by atoms with Crippen LogP contribution in [-0.2, 0) is 4.74 Å². The molecule has 0 spiro atoms. The number of alkyl halides is 1. The highest BCUT2D eigenvalue weighted by molar-refractivity contribution is 5.76. The van der Waals surface area contributed by atoms with Crippen LogP contribution in [0.1, 0.15) is 13.2 Å². The SMILES string of the molecule is CC1(F)C(O)[C@@H](CO)O[C@H]1n1ccc2c(=O)[nH]c(N)nc21. The monoisotopic (exact) mass is 298 g/mol. The van der Waals surface area contributed by atoms with Crippen LogP contribution in [0.2, 0.25) is 0 Å². The Balaban J connectivity index is 2.15. The molecule has 2 unspecified atom stereocenters. The number of H-pyrrole nitrogens is 1. The Hall–Kier alpha value is -1.97. The van der Waals surface area contributed by atoms with Gasteiger partial charge in [0.1, 0.15) is 12.2 Å². The van der Waals surface area contributed by atoms with Crippen molar-refractivity contribution in [2.24, 2.45) is 0 Å². The molecule has 1 fully saturated rings. The van der Waals surface area contributed by atoms with E-state index in [1.54, 1.807) is 0 Å². The molecule has 1 aliphatic heterocycles. The van der Waals surface area contributed by atoms with Crippen molar-refractivity contribution in [1.29, 1.82) is 0 Å². The van der Waals surface area contributed by atoms with Crippen LogP contribution in [-0.4, -0.2) is 49.2 Å². The molecule has 0 radical (unpaired) electrons. The summed E-state index contributed by atoms with van der Waals surface area (Å²) in [6, 6.07) is 1.46. The summed E-state index contributed by atoms with van der Waals surface area (Å²) >= 11 is 0. The number of aromatic amines is 1. The minimum atomic E-state index is -2.15. The Morgan fingerprint density at radius 2 is 2.38 bits per heavy atom. The number of nitrogens with one attached hydrogen (secondary N) is 1. The van der Waals surface area contributed by atoms with Gasteiger partial charge in [-0.2, -0.15) is 4.98 Å². The number of aromatic nitrogens is 3. The van der Waals surface area contributed by atoms with Gasteiger partial charge in [-0.05, 0) is 13.0 Å². The van der Waals surface area contributed by atoms with Crippen molar-refractivity contribution < 1.29 is 19.3 Å². The minimum Gasteiger partial charge on any atom is -0.394 e.